The van der Waals surface area contributed by atoms with Crippen molar-refractivity contribution in [1.29, 1.82) is 0 Å². The first kappa shape index (κ1) is 28.4. The number of aliphatic hydroxyl groups is 1. The number of hydrogen-bond donors (Lipinski definition) is 3. The van der Waals surface area contributed by atoms with Gasteiger partial charge in [0.2, 0.25) is 0 Å². The quantitative estimate of drug-likeness (QED) is 0.256. The van der Waals surface area contributed by atoms with Gasteiger partial charge >= 0.3 is 6.18 Å². The Balaban J connectivity index is 1.51. The Morgan fingerprint density at radius 2 is 1.88 bits per heavy atom. The highest BCUT2D eigenvalue weighted by atomic mass is 19.4. The highest BCUT2D eigenvalue weighted by molar-refractivity contribution is 5.98. The van der Waals surface area contributed by atoms with Gasteiger partial charge in [0.1, 0.15) is 22.6 Å². The molecule has 1 amide bonds. The molecule has 0 bridgehead atoms. The highest BCUT2D eigenvalue weighted by Crippen LogP contribution is 2.47. The molecule has 1 atom stereocenters. The van der Waals surface area contributed by atoms with Crippen LogP contribution in [0.5, 0.6) is 5.75 Å². The fourth-order valence-electron chi connectivity index (χ4n) is 4.74. The van der Waals surface area contributed by atoms with Crippen molar-refractivity contribution < 1.29 is 36.6 Å². The van der Waals surface area contributed by atoms with Gasteiger partial charge in [0.15, 0.2) is 18.2 Å². The van der Waals surface area contributed by atoms with Crippen molar-refractivity contribution in [3.05, 3.63) is 77.1 Å². The van der Waals surface area contributed by atoms with Gasteiger partial charge in [-0.05, 0) is 61.2 Å². The number of fused-ring (bicyclic) bond motifs is 1. The summed E-state index contributed by atoms with van der Waals surface area (Å²) < 4.78 is 73.8. The summed E-state index contributed by atoms with van der Waals surface area (Å²) in [6, 6.07) is 8.75. The van der Waals surface area contributed by atoms with Crippen LogP contribution in [0, 0.1) is 17.6 Å². The smallest absolute Gasteiger partial charge is 0.422 e. The lowest BCUT2D eigenvalue weighted by Gasteiger charge is -2.30. The number of alkyl halides is 3. The molecule has 2 heterocycles. The Hall–Kier alpha value is -4.10. The van der Waals surface area contributed by atoms with Crippen molar-refractivity contribution in [2.24, 2.45) is 18.7 Å². The second-order valence-corrected chi connectivity index (χ2v) is 10.0. The molecule has 1 aliphatic carbocycles. The summed E-state index contributed by atoms with van der Waals surface area (Å²) in [6.07, 6.45) is -1.89. The largest absolute Gasteiger partial charge is 0.481 e. The van der Waals surface area contributed by atoms with E-state index < -0.39 is 35.9 Å². The summed E-state index contributed by atoms with van der Waals surface area (Å²) in [5.41, 5.74) is 4.61. The molecule has 4 N–H and O–H groups in total. The number of nitrogens with one attached hydrogen (secondary N) is 1. The van der Waals surface area contributed by atoms with Crippen molar-refractivity contribution in [3.8, 4) is 17.0 Å². The lowest BCUT2D eigenvalue weighted by molar-refractivity contribution is -0.153. The van der Waals surface area contributed by atoms with E-state index in [2.05, 4.69) is 15.4 Å². The molecular formula is C28H26F5N5O3. The van der Waals surface area contributed by atoms with E-state index >= 15 is 0 Å². The number of carbonyl (C=O) groups is 1. The maximum absolute atomic E-state index is 14.6. The fraction of sp³-hybridized carbons (Fsp3) is 0.321. The second kappa shape index (κ2) is 10.7. The number of pyridine rings is 1. The molecule has 2 aromatic carbocycles. The normalized spacial score (nSPS) is 15.1. The topological polar surface area (TPSA) is 115 Å². The molecule has 1 saturated carbocycles. The van der Waals surface area contributed by atoms with Gasteiger partial charge in [-0.25, -0.2) is 13.8 Å². The zero-order valence-electron chi connectivity index (χ0n) is 21.8. The van der Waals surface area contributed by atoms with Crippen LogP contribution in [0.3, 0.4) is 0 Å². The molecule has 0 spiro atoms. The first-order valence-corrected chi connectivity index (χ1v) is 12.7. The number of carbonyl (C=O) groups excluding carboxylic acids is 1. The van der Waals surface area contributed by atoms with Crippen LogP contribution in [0.1, 0.15) is 34.5 Å². The average molecular weight is 576 g/mol. The fourth-order valence-corrected chi connectivity index (χ4v) is 4.74. The van der Waals surface area contributed by atoms with Crippen LogP contribution in [-0.4, -0.2) is 45.1 Å². The SMILES string of the molecule is Cn1cc2cc(C(=O)NC[C@](O)(c3cc(CN)c(OCC(F)(F)F)c(-c4ccc(F)cc4)n3)C3CC3)cc(F)c2n1. The maximum atomic E-state index is 14.6. The Labute approximate surface area is 230 Å². The number of halogens is 5. The summed E-state index contributed by atoms with van der Waals surface area (Å²) in [6.45, 7) is -2.20. The Bertz CT molecular complexity index is 1600. The van der Waals surface area contributed by atoms with Crippen LogP contribution < -0.4 is 15.8 Å². The van der Waals surface area contributed by atoms with Crippen molar-refractivity contribution in [2.45, 2.75) is 31.2 Å². The van der Waals surface area contributed by atoms with Crippen molar-refractivity contribution in [3.63, 3.8) is 0 Å². The minimum absolute atomic E-state index is 0.0136. The molecule has 8 nitrogen and oxygen atoms in total. The summed E-state index contributed by atoms with van der Waals surface area (Å²) in [7, 11) is 1.62. The van der Waals surface area contributed by atoms with Gasteiger partial charge in [0.25, 0.3) is 5.91 Å². The van der Waals surface area contributed by atoms with Gasteiger partial charge in [-0.3, -0.25) is 9.48 Å². The Kier molecular flexibility index (Phi) is 7.43. The third-order valence-electron chi connectivity index (χ3n) is 6.92. The first-order valence-electron chi connectivity index (χ1n) is 12.7. The number of benzene rings is 2. The zero-order chi connectivity index (χ0) is 29.5. The standard InChI is InChI=1S/C28H26F5N5O3/c1-38-12-18-8-16(9-21(30)23(18)37-38)26(39)35-13-27(40,19-4-5-19)22-10-17(11-34)25(41-14-28(31,32)33)24(36-22)15-2-6-20(29)7-3-15/h2-3,6-10,12,19,40H,4-5,11,13-14,34H2,1H3,(H,35,39)/t27-/m1/s1. The monoisotopic (exact) mass is 575 g/mol. The molecule has 1 fully saturated rings. The molecular weight excluding hydrogens is 549 g/mol. The van der Waals surface area contributed by atoms with Gasteiger partial charge in [0.05, 0.1) is 12.2 Å². The Morgan fingerprint density at radius 1 is 1.17 bits per heavy atom. The number of nitrogens with two attached hydrogens (primary N) is 1. The Morgan fingerprint density at radius 3 is 2.51 bits per heavy atom. The van der Waals surface area contributed by atoms with E-state index in [1.807, 2.05) is 0 Å². The summed E-state index contributed by atoms with van der Waals surface area (Å²) in [4.78, 5) is 17.5. The summed E-state index contributed by atoms with van der Waals surface area (Å²) >= 11 is 0. The van der Waals surface area contributed by atoms with Crippen LogP contribution in [-0.2, 0) is 19.2 Å². The molecule has 5 rings (SSSR count). The van der Waals surface area contributed by atoms with Crippen molar-refractivity contribution in [2.75, 3.05) is 13.2 Å². The summed E-state index contributed by atoms with van der Waals surface area (Å²) in [5, 5.41) is 18.9. The number of ether oxygens (including phenoxy) is 1. The predicted molar refractivity (Wildman–Crippen MR) is 139 cm³/mol. The van der Waals surface area contributed by atoms with E-state index in [1.165, 1.54) is 28.9 Å². The van der Waals surface area contributed by atoms with Crippen molar-refractivity contribution >= 4 is 16.8 Å². The highest BCUT2D eigenvalue weighted by Gasteiger charge is 2.47. The molecule has 2 aromatic heterocycles. The molecule has 1 aliphatic rings. The van der Waals surface area contributed by atoms with Crippen molar-refractivity contribution in [1.82, 2.24) is 20.1 Å². The lowest BCUT2D eigenvalue weighted by atomic mass is 9.90. The predicted octanol–water partition coefficient (Wildman–Crippen LogP) is 4.34. The van der Waals surface area contributed by atoms with Crippen LogP contribution in [0.2, 0.25) is 0 Å². The minimum atomic E-state index is -4.65. The van der Waals surface area contributed by atoms with E-state index in [0.717, 1.165) is 18.2 Å². The average Bonchev–Trinajstić information content (AvgIpc) is 3.71. The summed E-state index contributed by atoms with van der Waals surface area (Å²) in [5.74, 6) is -2.49. The van der Waals surface area contributed by atoms with E-state index in [4.69, 9.17) is 10.5 Å². The van der Waals surface area contributed by atoms with Crippen LogP contribution >= 0.6 is 0 Å². The molecule has 41 heavy (non-hydrogen) atoms. The third-order valence-corrected chi connectivity index (χ3v) is 6.92. The maximum Gasteiger partial charge on any atom is 0.422 e. The molecule has 0 unspecified atom stereocenters. The van der Waals surface area contributed by atoms with Gasteiger partial charge in [-0.2, -0.15) is 18.3 Å². The second-order valence-electron chi connectivity index (χ2n) is 10.0. The van der Waals surface area contributed by atoms with Gasteiger partial charge in [-0.15, -0.1) is 0 Å². The molecule has 4 aromatic rings. The van der Waals surface area contributed by atoms with Gasteiger partial charge in [-0.1, -0.05) is 0 Å². The van der Waals surface area contributed by atoms with E-state index in [9.17, 15) is 31.9 Å². The van der Waals surface area contributed by atoms with Gasteiger partial charge in [0, 0.05) is 41.9 Å². The zero-order valence-corrected chi connectivity index (χ0v) is 21.8. The van der Waals surface area contributed by atoms with E-state index in [1.54, 1.807) is 13.2 Å². The molecule has 0 aliphatic heterocycles. The number of nitrogens with zero attached hydrogens (tertiary/aromatic N) is 3. The first-order chi connectivity index (χ1) is 19.4. The third kappa shape index (κ3) is 6.00. The van der Waals surface area contributed by atoms with E-state index in [-0.39, 0.29) is 58.4 Å². The molecule has 0 radical (unpaired) electrons. The van der Waals surface area contributed by atoms with Crippen LogP contribution in [0.25, 0.3) is 22.2 Å². The lowest BCUT2D eigenvalue weighted by Crippen LogP contribution is -2.43. The number of hydrogen-bond acceptors (Lipinski definition) is 6. The van der Waals surface area contributed by atoms with Crippen LogP contribution in [0.15, 0.2) is 48.7 Å². The molecule has 216 valence electrons. The number of rotatable bonds is 9. The minimum Gasteiger partial charge on any atom is -0.481 e. The molecule has 0 saturated heterocycles. The van der Waals surface area contributed by atoms with Gasteiger partial charge < -0.3 is 20.9 Å². The molecule has 13 heteroatoms. The number of aromatic nitrogens is 3. The number of aryl methyl sites for hydroxylation is 1. The van der Waals surface area contributed by atoms with Crippen LogP contribution in [0.4, 0.5) is 22.0 Å². The number of amides is 1. The van der Waals surface area contributed by atoms with E-state index in [0.29, 0.717) is 18.2 Å².